The Hall–Kier alpha value is -2.59. The highest BCUT2D eigenvalue weighted by Crippen LogP contribution is 2.31. The van der Waals surface area contributed by atoms with Gasteiger partial charge in [-0.15, -0.1) is 11.3 Å². The third-order valence-electron chi connectivity index (χ3n) is 3.41. The van der Waals surface area contributed by atoms with Crippen LogP contribution in [-0.2, 0) is 0 Å². The minimum atomic E-state index is 0.183. The minimum Gasteiger partial charge on any atom is -0.497 e. The molecule has 1 aromatic heterocycles. The Balaban J connectivity index is 1.82. The summed E-state index contributed by atoms with van der Waals surface area (Å²) < 4.78 is 5.10. The molecule has 0 aliphatic rings. The number of halogens is 2. The summed E-state index contributed by atoms with van der Waals surface area (Å²) in [6, 6.07) is 14.5. The van der Waals surface area contributed by atoms with Crippen LogP contribution in [0.1, 0.15) is 5.01 Å². The van der Waals surface area contributed by atoms with Gasteiger partial charge in [-0.3, -0.25) is 5.43 Å². The number of methoxy groups -OCH3 is 1. The molecule has 0 fully saturated rings. The fourth-order valence-electron chi connectivity index (χ4n) is 2.11. The van der Waals surface area contributed by atoms with E-state index < -0.39 is 0 Å². The van der Waals surface area contributed by atoms with E-state index >= 15 is 0 Å². The Bertz CT molecular complexity index is 993. The smallest absolute Gasteiger partial charge is 0.196 e. The lowest BCUT2D eigenvalue weighted by Crippen LogP contribution is -2.01. The van der Waals surface area contributed by atoms with Crippen LogP contribution in [0.25, 0.3) is 11.3 Å². The second-order valence-electron chi connectivity index (χ2n) is 5.07. The number of hydrazone groups is 1. The van der Waals surface area contributed by atoms with E-state index in [2.05, 4.69) is 21.6 Å². The molecule has 0 atom stereocenters. The lowest BCUT2D eigenvalue weighted by molar-refractivity contribution is 0.415. The molecule has 130 valence electrons. The van der Waals surface area contributed by atoms with Crippen LogP contribution < -0.4 is 10.2 Å². The number of aromatic nitrogens is 1. The van der Waals surface area contributed by atoms with Gasteiger partial charge in [-0.25, -0.2) is 4.98 Å². The monoisotopic (exact) mass is 402 g/mol. The summed E-state index contributed by atoms with van der Waals surface area (Å²) in [6.45, 7) is 0. The standard InChI is InChI=1S/C18H12Cl2N4OS/c1-25-13-5-3-12(4-6-13)23-24-16(9-21)18-22-17(10-26-18)14-7-2-11(19)8-15(14)20/h2-8,10,23H,1H3/b24-16+. The van der Waals surface area contributed by atoms with Crippen molar-refractivity contribution in [2.24, 2.45) is 5.10 Å². The van der Waals surface area contributed by atoms with Gasteiger partial charge in [0.1, 0.15) is 11.8 Å². The summed E-state index contributed by atoms with van der Waals surface area (Å²) in [6.07, 6.45) is 0. The zero-order chi connectivity index (χ0) is 18.5. The molecule has 0 spiro atoms. The number of nitriles is 1. The number of benzene rings is 2. The van der Waals surface area contributed by atoms with Crippen molar-refractivity contribution < 1.29 is 4.74 Å². The SMILES string of the molecule is COc1ccc(N/N=C(\C#N)c2nc(-c3ccc(Cl)cc3Cl)cs2)cc1. The topological polar surface area (TPSA) is 70.3 Å². The van der Waals surface area contributed by atoms with Gasteiger partial charge in [0.2, 0.25) is 0 Å². The molecule has 3 rings (SSSR count). The first-order valence-corrected chi connectivity index (χ1v) is 9.03. The number of nitrogens with one attached hydrogen (secondary N) is 1. The van der Waals surface area contributed by atoms with Crippen LogP contribution in [0.3, 0.4) is 0 Å². The third kappa shape index (κ3) is 4.14. The van der Waals surface area contributed by atoms with Crippen molar-refractivity contribution in [2.45, 2.75) is 0 Å². The first kappa shape index (κ1) is 18.2. The average molecular weight is 403 g/mol. The highest BCUT2D eigenvalue weighted by molar-refractivity contribution is 7.12. The van der Waals surface area contributed by atoms with E-state index in [0.29, 0.717) is 20.7 Å². The second kappa shape index (κ2) is 8.19. The molecule has 0 unspecified atom stereocenters. The Morgan fingerprint density at radius 3 is 2.65 bits per heavy atom. The van der Waals surface area contributed by atoms with Crippen LogP contribution in [0.2, 0.25) is 10.0 Å². The van der Waals surface area contributed by atoms with E-state index in [9.17, 15) is 5.26 Å². The summed E-state index contributed by atoms with van der Waals surface area (Å²) >= 11 is 13.5. The summed E-state index contributed by atoms with van der Waals surface area (Å²) in [4.78, 5) is 4.46. The first-order valence-electron chi connectivity index (χ1n) is 7.40. The van der Waals surface area contributed by atoms with Gasteiger partial charge in [-0.1, -0.05) is 23.2 Å². The van der Waals surface area contributed by atoms with Crippen LogP contribution in [0.15, 0.2) is 52.9 Å². The Morgan fingerprint density at radius 2 is 2.00 bits per heavy atom. The molecular weight excluding hydrogens is 391 g/mol. The molecule has 3 aromatic rings. The van der Waals surface area contributed by atoms with Crippen LogP contribution >= 0.6 is 34.5 Å². The summed E-state index contributed by atoms with van der Waals surface area (Å²) in [5.41, 5.74) is 5.18. The van der Waals surface area contributed by atoms with E-state index in [0.717, 1.165) is 17.0 Å². The molecule has 5 nitrogen and oxygen atoms in total. The van der Waals surface area contributed by atoms with E-state index in [1.807, 2.05) is 5.38 Å². The molecule has 0 radical (unpaired) electrons. The molecular formula is C18H12Cl2N4OS. The largest absolute Gasteiger partial charge is 0.497 e. The quantitative estimate of drug-likeness (QED) is 0.453. The lowest BCUT2D eigenvalue weighted by atomic mass is 10.2. The highest BCUT2D eigenvalue weighted by atomic mass is 35.5. The zero-order valence-electron chi connectivity index (χ0n) is 13.5. The fraction of sp³-hybridized carbons (Fsp3) is 0.0556. The number of rotatable bonds is 5. The number of hydrogen-bond donors (Lipinski definition) is 1. The van der Waals surface area contributed by atoms with Gasteiger partial charge in [-0.05, 0) is 42.5 Å². The normalized spacial score (nSPS) is 11.1. The Kier molecular flexibility index (Phi) is 5.74. The number of hydrogen-bond acceptors (Lipinski definition) is 6. The van der Waals surface area contributed by atoms with Crippen molar-refractivity contribution in [3.63, 3.8) is 0 Å². The van der Waals surface area contributed by atoms with Crippen LogP contribution in [0.4, 0.5) is 5.69 Å². The van der Waals surface area contributed by atoms with Crippen molar-refractivity contribution in [2.75, 3.05) is 12.5 Å². The Labute approximate surface area is 164 Å². The van der Waals surface area contributed by atoms with E-state index in [4.69, 9.17) is 27.9 Å². The van der Waals surface area contributed by atoms with Crippen LogP contribution in [0, 0.1) is 11.3 Å². The van der Waals surface area contributed by atoms with Gasteiger partial charge < -0.3 is 4.74 Å². The van der Waals surface area contributed by atoms with Crippen molar-refractivity contribution >= 4 is 45.9 Å². The van der Waals surface area contributed by atoms with Crippen LogP contribution in [0.5, 0.6) is 5.75 Å². The summed E-state index contributed by atoms with van der Waals surface area (Å²) in [5.74, 6) is 0.740. The predicted octanol–water partition coefficient (Wildman–Crippen LogP) is 5.47. The first-order chi connectivity index (χ1) is 12.6. The number of nitrogens with zero attached hydrogens (tertiary/aromatic N) is 3. The maximum absolute atomic E-state index is 9.39. The van der Waals surface area contributed by atoms with E-state index in [-0.39, 0.29) is 5.71 Å². The molecule has 0 saturated heterocycles. The molecule has 8 heteroatoms. The maximum Gasteiger partial charge on any atom is 0.196 e. The van der Waals surface area contributed by atoms with Gasteiger partial charge >= 0.3 is 0 Å². The highest BCUT2D eigenvalue weighted by Gasteiger charge is 2.13. The predicted molar refractivity (Wildman–Crippen MR) is 106 cm³/mol. The zero-order valence-corrected chi connectivity index (χ0v) is 15.9. The number of thiazole rings is 1. The Morgan fingerprint density at radius 1 is 1.23 bits per heavy atom. The molecule has 0 saturated carbocycles. The molecule has 1 heterocycles. The van der Waals surface area contributed by atoms with Crippen molar-refractivity contribution in [1.29, 1.82) is 5.26 Å². The van der Waals surface area contributed by atoms with Gasteiger partial charge in [0.05, 0.1) is 23.5 Å². The lowest BCUT2D eigenvalue weighted by Gasteiger charge is -2.03. The van der Waals surface area contributed by atoms with Gasteiger partial charge in [0.15, 0.2) is 10.7 Å². The second-order valence-corrected chi connectivity index (χ2v) is 6.78. The summed E-state index contributed by atoms with van der Waals surface area (Å²) in [7, 11) is 1.60. The summed E-state index contributed by atoms with van der Waals surface area (Å²) in [5, 5.41) is 16.9. The fourth-order valence-corrected chi connectivity index (χ4v) is 3.37. The van der Waals surface area contributed by atoms with E-state index in [1.165, 1.54) is 11.3 Å². The van der Waals surface area contributed by atoms with Crippen LogP contribution in [-0.4, -0.2) is 17.8 Å². The van der Waals surface area contributed by atoms with Crippen molar-refractivity contribution in [1.82, 2.24) is 4.98 Å². The number of anilines is 1. The van der Waals surface area contributed by atoms with Gasteiger partial charge in [0.25, 0.3) is 0 Å². The molecule has 0 aliphatic heterocycles. The molecule has 26 heavy (non-hydrogen) atoms. The number of ether oxygens (including phenoxy) is 1. The maximum atomic E-state index is 9.39. The van der Waals surface area contributed by atoms with Crippen molar-refractivity contribution in [3.8, 4) is 23.1 Å². The van der Waals surface area contributed by atoms with E-state index in [1.54, 1.807) is 49.6 Å². The molecule has 0 amide bonds. The molecule has 2 aromatic carbocycles. The van der Waals surface area contributed by atoms with Crippen molar-refractivity contribution in [3.05, 3.63) is 62.9 Å². The third-order valence-corrected chi connectivity index (χ3v) is 4.80. The molecule has 1 N–H and O–H groups in total. The molecule has 0 bridgehead atoms. The molecule has 0 aliphatic carbocycles. The average Bonchev–Trinajstić information content (AvgIpc) is 3.12. The van der Waals surface area contributed by atoms with Gasteiger partial charge in [-0.2, -0.15) is 10.4 Å². The minimum absolute atomic E-state index is 0.183. The van der Waals surface area contributed by atoms with Gasteiger partial charge in [0, 0.05) is 16.0 Å².